The monoisotopic (exact) mass is 342 g/mol. The van der Waals surface area contributed by atoms with E-state index in [4.69, 9.17) is 9.47 Å². The highest BCUT2D eigenvalue weighted by Gasteiger charge is 2.06. The fourth-order valence-corrected chi connectivity index (χ4v) is 2.44. The van der Waals surface area contributed by atoms with Crippen LogP contribution in [0.1, 0.15) is 31.7 Å². The van der Waals surface area contributed by atoms with Gasteiger partial charge in [0.05, 0.1) is 14.2 Å². The first-order valence-corrected chi connectivity index (χ1v) is 8.39. The van der Waals surface area contributed by atoms with Crippen molar-refractivity contribution in [2.24, 2.45) is 0 Å². The number of amides is 1. The molecule has 0 aliphatic heterocycles. The van der Waals surface area contributed by atoms with E-state index < -0.39 is 0 Å². The maximum Gasteiger partial charge on any atom is 0.226 e. The van der Waals surface area contributed by atoms with Gasteiger partial charge in [-0.15, -0.1) is 0 Å². The number of methoxy groups -OCH3 is 2. The number of nitrogens with one attached hydrogen (secondary N) is 2. The molecule has 134 valence electrons. The quantitative estimate of drug-likeness (QED) is 0.752. The molecule has 25 heavy (non-hydrogen) atoms. The van der Waals surface area contributed by atoms with E-state index in [1.807, 2.05) is 42.5 Å². The fourth-order valence-electron chi connectivity index (χ4n) is 2.44. The van der Waals surface area contributed by atoms with E-state index in [-0.39, 0.29) is 5.91 Å². The Bertz CT molecular complexity index is 697. The first-order valence-electron chi connectivity index (χ1n) is 8.39. The van der Waals surface area contributed by atoms with Crippen LogP contribution in [0.25, 0.3) is 0 Å². The average Bonchev–Trinajstić information content (AvgIpc) is 2.62. The third-order valence-electron chi connectivity index (χ3n) is 3.93. The van der Waals surface area contributed by atoms with E-state index in [9.17, 15) is 4.79 Å². The van der Waals surface area contributed by atoms with Gasteiger partial charge in [0.2, 0.25) is 5.91 Å². The fraction of sp³-hybridized carbons (Fsp3) is 0.350. The molecule has 0 spiro atoms. The second-order valence-electron chi connectivity index (χ2n) is 6.07. The molecule has 0 aliphatic rings. The normalized spacial score (nSPS) is 10.4. The summed E-state index contributed by atoms with van der Waals surface area (Å²) in [6.45, 7) is 4.83. The van der Waals surface area contributed by atoms with Gasteiger partial charge in [-0.1, -0.05) is 26.0 Å². The zero-order valence-corrected chi connectivity index (χ0v) is 15.3. The molecule has 0 aromatic heterocycles. The highest BCUT2D eigenvalue weighted by atomic mass is 16.5. The molecule has 0 saturated heterocycles. The molecule has 2 N–H and O–H groups in total. The minimum Gasteiger partial charge on any atom is -0.493 e. The van der Waals surface area contributed by atoms with Gasteiger partial charge in [0, 0.05) is 30.4 Å². The summed E-state index contributed by atoms with van der Waals surface area (Å²) in [6.07, 6.45) is 0.375. The SMILES string of the molecule is COc1ccc(NCCC(=O)Nc2ccc(C(C)C)cc2)cc1OC. The van der Waals surface area contributed by atoms with Crippen molar-refractivity contribution in [3.63, 3.8) is 0 Å². The van der Waals surface area contributed by atoms with E-state index in [2.05, 4.69) is 24.5 Å². The van der Waals surface area contributed by atoms with Crippen molar-refractivity contribution in [1.29, 1.82) is 0 Å². The van der Waals surface area contributed by atoms with Gasteiger partial charge in [0.25, 0.3) is 0 Å². The van der Waals surface area contributed by atoms with Crippen LogP contribution in [0, 0.1) is 0 Å². The van der Waals surface area contributed by atoms with Crippen molar-refractivity contribution in [3.8, 4) is 11.5 Å². The summed E-state index contributed by atoms with van der Waals surface area (Å²) in [5.74, 6) is 1.79. The number of anilines is 2. The standard InChI is InChI=1S/C20H26N2O3/c1-14(2)15-5-7-16(8-6-15)22-20(23)11-12-21-17-9-10-18(24-3)19(13-17)25-4/h5-10,13-14,21H,11-12H2,1-4H3,(H,22,23). The molecule has 5 heteroatoms. The summed E-state index contributed by atoms with van der Waals surface area (Å²) in [4.78, 5) is 12.0. The number of carbonyl (C=O) groups excluding carboxylic acids is 1. The minimum absolute atomic E-state index is 0.0229. The largest absolute Gasteiger partial charge is 0.493 e. The van der Waals surface area contributed by atoms with Crippen LogP contribution in [-0.2, 0) is 4.79 Å². The summed E-state index contributed by atoms with van der Waals surface area (Å²) < 4.78 is 10.5. The number of rotatable bonds is 8. The second-order valence-corrected chi connectivity index (χ2v) is 6.07. The zero-order chi connectivity index (χ0) is 18.2. The number of ether oxygens (including phenoxy) is 2. The third kappa shape index (κ3) is 5.41. The number of benzene rings is 2. The van der Waals surface area contributed by atoms with Crippen LogP contribution >= 0.6 is 0 Å². The molecule has 5 nitrogen and oxygen atoms in total. The van der Waals surface area contributed by atoms with Crippen molar-refractivity contribution in [2.45, 2.75) is 26.2 Å². The van der Waals surface area contributed by atoms with Crippen molar-refractivity contribution in [3.05, 3.63) is 48.0 Å². The van der Waals surface area contributed by atoms with Crippen molar-refractivity contribution in [1.82, 2.24) is 0 Å². The van der Waals surface area contributed by atoms with Gasteiger partial charge in [0.1, 0.15) is 0 Å². The van der Waals surface area contributed by atoms with Crippen molar-refractivity contribution < 1.29 is 14.3 Å². The van der Waals surface area contributed by atoms with Crippen molar-refractivity contribution in [2.75, 3.05) is 31.4 Å². The van der Waals surface area contributed by atoms with Crippen LogP contribution in [-0.4, -0.2) is 26.7 Å². The molecular formula is C20H26N2O3. The molecule has 2 aromatic rings. The highest BCUT2D eigenvalue weighted by Crippen LogP contribution is 2.29. The zero-order valence-electron chi connectivity index (χ0n) is 15.3. The summed E-state index contributed by atoms with van der Waals surface area (Å²) in [5.41, 5.74) is 2.96. The number of carbonyl (C=O) groups is 1. The van der Waals surface area contributed by atoms with Crippen LogP contribution in [0.4, 0.5) is 11.4 Å². The Balaban J connectivity index is 1.82. The Hall–Kier alpha value is -2.69. The lowest BCUT2D eigenvalue weighted by Gasteiger charge is -2.11. The average molecular weight is 342 g/mol. The van der Waals surface area contributed by atoms with Gasteiger partial charge >= 0.3 is 0 Å². The van der Waals surface area contributed by atoms with Gasteiger partial charge in [-0.2, -0.15) is 0 Å². The Kier molecular flexibility index (Phi) is 6.69. The lowest BCUT2D eigenvalue weighted by atomic mass is 10.0. The maximum atomic E-state index is 12.0. The molecule has 0 radical (unpaired) electrons. The molecule has 0 heterocycles. The first kappa shape index (κ1) is 18.6. The van der Waals surface area contributed by atoms with Gasteiger partial charge in [0.15, 0.2) is 11.5 Å². The highest BCUT2D eigenvalue weighted by molar-refractivity contribution is 5.91. The smallest absolute Gasteiger partial charge is 0.226 e. The number of hydrogen-bond acceptors (Lipinski definition) is 4. The Morgan fingerprint density at radius 1 is 0.960 bits per heavy atom. The van der Waals surface area contributed by atoms with Gasteiger partial charge < -0.3 is 20.1 Å². The van der Waals surface area contributed by atoms with Crippen LogP contribution in [0.15, 0.2) is 42.5 Å². The lowest BCUT2D eigenvalue weighted by molar-refractivity contribution is -0.115. The number of hydrogen-bond donors (Lipinski definition) is 2. The van der Waals surface area contributed by atoms with E-state index >= 15 is 0 Å². The molecule has 0 bridgehead atoms. The first-order chi connectivity index (χ1) is 12.0. The van der Waals surface area contributed by atoms with E-state index in [1.54, 1.807) is 14.2 Å². The Morgan fingerprint density at radius 3 is 2.20 bits per heavy atom. The molecule has 0 saturated carbocycles. The summed E-state index contributed by atoms with van der Waals surface area (Å²) in [5, 5.41) is 6.13. The summed E-state index contributed by atoms with van der Waals surface area (Å²) in [7, 11) is 3.20. The lowest BCUT2D eigenvalue weighted by Crippen LogP contribution is -2.16. The molecule has 0 unspecified atom stereocenters. The molecule has 2 rings (SSSR count). The topological polar surface area (TPSA) is 59.6 Å². The Morgan fingerprint density at radius 2 is 1.60 bits per heavy atom. The maximum absolute atomic E-state index is 12.0. The van der Waals surface area contributed by atoms with Crippen LogP contribution in [0.3, 0.4) is 0 Å². The summed E-state index contributed by atoms with van der Waals surface area (Å²) >= 11 is 0. The third-order valence-corrected chi connectivity index (χ3v) is 3.93. The molecule has 0 atom stereocenters. The van der Waals surface area contributed by atoms with Gasteiger partial charge in [-0.05, 0) is 35.7 Å². The Labute approximate surface area is 149 Å². The molecule has 2 aromatic carbocycles. The molecule has 1 amide bonds. The second kappa shape index (κ2) is 8.97. The van der Waals surface area contributed by atoms with E-state index in [1.165, 1.54) is 5.56 Å². The predicted octanol–water partition coefficient (Wildman–Crippen LogP) is 4.27. The van der Waals surface area contributed by atoms with Crippen LogP contribution in [0.5, 0.6) is 11.5 Å². The summed E-state index contributed by atoms with van der Waals surface area (Å²) in [6, 6.07) is 13.5. The van der Waals surface area contributed by atoms with Gasteiger partial charge in [-0.25, -0.2) is 0 Å². The van der Waals surface area contributed by atoms with Crippen LogP contribution < -0.4 is 20.1 Å². The minimum atomic E-state index is -0.0229. The van der Waals surface area contributed by atoms with Crippen LogP contribution in [0.2, 0.25) is 0 Å². The van der Waals surface area contributed by atoms with E-state index in [0.29, 0.717) is 30.4 Å². The molecule has 0 fully saturated rings. The predicted molar refractivity (Wildman–Crippen MR) is 102 cm³/mol. The van der Waals surface area contributed by atoms with E-state index in [0.717, 1.165) is 11.4 Å². The molecular weight excluding hydrogens is 316 g/mol. The molecule has 0 aliphatic carbocycles. The van der Waals surface area contributed by atoms with Gasteiger partial charge in [-0.3, -0.25) is 4.79 Å². The van der Waals surface area contributed by atoms with Crippen molar-refractivity contribution >= 4 is 17.3 Å².